The molecule has 0 atom stereocenters. The van der Waals surface area contributed by atoms with Crippen molar-refractivity contribution in [2.45, 2.75) is 32.2 Å². The predicted molar refractivity (Wildman–Crippen MR) is 100 cm³/mol. The Balaban J connectivity index is 2.08. The van der Waals surface area contributed by atoms with Crippen LogP contribution >= 0.6 is 11.6 Å². The van der Waals surface area contributed by atoms with Gasteiger partial charge in [0.05, 0.1) is 11.9 Å². The number of aryl methyl sites for hydroxylation is 1. The van der Waals surface area contributed by atoms with Crippen molar-refractivity contribution in [3.8, 4) is 11.1 Å². The van der Waals surface area contributed by atoms with E-state index in [9.17, 15) is 4.79 Å². The van der Waals surface area contributed by atoms with E-state index >= 15 is 0 Å². The molecule has 26 heavy (non-hydrogen) atoms. The highest BCUT2D eigenvalue weighted by atomic mass is 35.5. The SMILES string of the molecule is CCn1ncc2c(-c3ccnc(Cl)c3)c(C=CC(=O)O)c(C3CC3)nc21. The lowest BCUT2D eigenvalue weighted by atomic mass is 9.95. The van der Waals surface area contributed by atoms with Crippen LogP contribution < -0.4 is 0 Å². The van der Waals surface area contributed by atoms with Gasteiger partial charge in [0.1, 0.15) is 5.15 Å². The van der Waals surface area contributed by atoms with E-state index in [0.29, 0.717) is 17.6 Å². The number of carboxylic acids is 1. The molecule has 0 spiro atoms. The first-order valence-corrected chi connectivity index (χ1v) is 8.88. The first-order chi connectivity index (χ1) is 12.6. The van der Waals surface area contributed by atoms with Gasteiger partial charge in [-0.25, -0.2) is 19.4 Å². The summed E-state index contributed by atoms with van der Waals surface area (Å²) in [7, 11) is 0. The molecule has 0 saturated heterocycles. The van der Waals surface area contributed by atoms with E-state index in [0.717, 1.165) is 52.3 Å². The first-order valence-electron chi connectivity index (χ1n) is 8.50. The van der Waals surface area contributed by atoms with Gasteiger partial charge in [-0.1, -0.05) is 11.6 Å². The second-order valence-electron chi connectivity index (χ2n) is 6.30. The molecule has 6 nitrogen and oxygen atoms in total. The summed E-state index contributed by atoms with van der Waals surface area (Å²) in [4.78, 5) is 20.1. The zero-order valence-corrected chi connectivity index (χ0v) is 14.9. The molecule has 1 N–H and O–H groups in total. The Hall–Kier alpha value is -2.73. The Morgan fingerprint density at radius 1 is 1.46 bits per heavy atom. The molecular weight excluding hydrogens is 352 g/mol. The lowest BCUT2D eigenvalue weighted by Gasteiger charge is -2.14. The maximum atomic E-state index is 11.1. The molecule has 1 saturated carbocycles. The molecule has 0 aromatic carbocycles. The van der Waals surface area contributed by atoms with Crippen LogP contribution in [0.3, 0.4) is 0 Å². The lowest BCUT2D eigenvalue weighted by Crippen LogP contribution is -2.02. The number of nitrogens with zero attached hydrogens (tertiary/aromatic N) is 4. The number of aliphatic carboxylic acids is 1. The van der Waals surface area contributed by atoms with Crippen LogP contribution in [-0.2, 0) is 11.3 Å². The Morgan fingerprint density at radius 2 is 2.27 bits per heavy atom. The molecule has 0 bridgehead atoms. The number of carboxylic acid groups (broad SMARTS) is 1. The van der Waals surface area contributed by atoms with E-state index in [1.54, 1.807) is 24.5 Å². The molecule has 3 heterocycles. The van der Waals surface area contributed by atoms with Gasteiger partial charge in [0.15, 0.2) is 5.65 Å². The van der Waals surface area contributed by atoms with Crippen molar-refractivity contribution < 1.29 is 9.90 Å². The van der Waals surface area contributed by atoms with Gasteiger partial charge in [-0.15, -0.1) is 0 Å². The second kappa shape index (κ2) is 6.53. The second-order valence-corrected chi connectivity index (χ2v) is 6.68. The summed E-state index contributed by atoms with van der Waals surface area (Å²) < 4.78 is 1.86. The molecule has 0 radical (unpaired) electrons. The largest absolute Gasteiger partial charge is 0.478 e. The van der Waals surface area contributed by atoms with Crippen molar-refractivity contribution >= 4 is 34.7 Å². The van der Waals surface area contributed by atoms with Gasteiger partial charge in [0.2, 0.25) is 0 Å². The summed E-state index contributed by atoms with van der Waals surface area (Å²) in [6.45, 7) is 2.73. The van der Waals surface area contributed by atoms with E-state index in [2.05, 4.69) is 10.1 Å². The minimum atomic E-state index is -0.991. The molecule has 0 amide bonds. The number of hydrogen-bond acceptors (Lipinski definition) is 4. The average Bonchev–Trinajstić information content (AvgIpc) is 3.38. The summed E-state index contributed by atoms with van der Waals surface area (Å²) in [6, 6.07) is 3.66. The van der Waals surface area contributed by atoms with Gasteiger partial charge in [0, 0.05) is 41.2 Å². The normalized spacial score (nSPS) is 14.4. The van der Waals surface area contributed by atoms with Crippen LogP contribution in [0.2, 0.25) is 5.15 Å². The number of fused-ring (bicyclic) bond motifs is 1. The van der Waals surface area contributed by atoms with Crippen LogP contribution in [0, 0.1) is 0 Å². The van der Waals surface area contributed by atoms with Crippen molar-refractivity contribution in [3.63, 3.8) is 0 Å². The lowest BCUT2D eigenvalue weighted by molar-refractivity contribution is -0.131. The molecule has 0 unspecified atom stereocenters. The Bertz CT molecular complexity index is 1040. The summed E-state index contributed by atoms with van der Waals surface area (Å²) in [6.07, 6.45) is 8.34. The summed E-state index contributed by atoms with van der Waals surface area (Å²) in [5.41, 5.74) is 4.33. The number of halogens is 1. The smallest absolute Gasteiger partial charge is 0.328 e. The number of carbonyl (C=O) groups is 1. The molecule has 0 aliphatic heterocycles. The van der Waals surface area contributed by atoms with Gasteiger partial charge in [-0.3, -0.25) is 0 Å². The number of aromatic nitrogens is 4. The fourth-order valence-electron chi connectivity index (χ4n) is 3.21. The minimum absolute atomic E-state index is 0.351. The summed E-state index contributed by atoms with van der Waals surface area (Å²) >= 11 is 6.11. The quantitative estimate of drug-likeness (QED) is 0.540. The Morgan fingerprint density at radius 3 is 2.92 bits per heavy atom. The molecule has 132 valence electrons. The standard InChI is InChI=1S/C19H17ClN4O2/c1-2-24-19-14(10-22-24)17(12-7-8-21-15(20)9-12)13(5-6-16(25)26)18(23-19)11-3-4-11/h5-11H,2-4H2,1H3,(H,25,26). The summed E-state index contributed by atoms with van der Waals surface area (Å²) in [5, 5.41) is 14.8. The minimum Gasteiger partial charge on any atom is -0.478 e. The van der Waals surface area contributed by atoms with Gasteiger partial charge in [0.25, 0.3) is 0 Å². The maximum Gasteiger partial charge on any atom is 0.328 e. The third kappa shape index (κ3) is 2.97. The van der Waals surface area contributed by atoms with Crippen LogP contribution in [0.25, 0.3) is 28.2 Å². The van der Waals surface area contributed by atoms with Gasteiger partial charge in [-0.05, 0) is 43.5 Å². The van der Waals surface area contributed by atoms with Crippen molar-refractivity contribution in [2.75, 3.05) is 0 Å². The van der Waals surface area contributed by atoms with Gasteiger partial charge >= 0.3 is 5.97 Å². The monoisotopic (exact) mass is 368 g/mol. The molecule has 4 rings (SSSR count). The summed E-state index contributed by atoms with van der Waals surface area (Å²) in [5.74, 6) is -0.640. The fourth-order valence-corrected chi connectivity index (χ4v) is 3.39. The number of rotatable bonds is 5. The van der Waals surface area contributed by atoms with Crippen LogP contribution in [0.5, 0.6) is 0 Å². The Labute approximate surface area is 155 Å². The molecule has 1 aliphatic rings. The molecule has 3 aromatic heterocycles. The molecule has 1 aliphatic carbocycles. The predicted octanol–water partition coefficient (Wildman–Crippen LogP) is 4.14. The number of pyridine rings is 2. The van der Waals surface area contributed by atoms with Gasteiger partial charge in [-0.2, -0.15) is 5.10 Å². The van der Waals surface area contributed by atoms with E-state index < -0.39 is 5.97 Å². The third-order valence-corrected chi connectivity index (χ3v) is 4.73. The molecule has 1 fully saturated rings. The van der Waals surface area contributed by atoms with E-state index in [1.165, 1.54) is 0 Å². The van der Waals surface area contributed by atoms with Crippen LogP contribution in [0.1, 0.15) is 36.9 Å². The highest BCUT2D eigenvalue weighted by Crippen LogP contribution is 2.45. The zero-order chi connectivity index (χ0) is 18.3. The van der Waals surface area contributed by atoms with Crippen LogP contribution in [0.4, 0.5) is 0 Å². The first kappa shape index (κ1) is 16.7. The zero-order valence-electron chi connectivity index (χ0n) is 14.2. The van der Waals surface area contributed by atoms with Crippen LogP contribution in [0.15, 0.2) is 30.6 Å². The van der Waals surface area contributed by atoms with E-state index in [1.807, 2.05) is 17.7 Å². The average molecular weight is 369 g/mol. The third-order valence-electron chi connectivity index (χ3n) is 4.52. The molecule has 3 aromatic rings. The Kier molecular flexibility index (Phi) is 4.20. The highest BCUT2D eigenvalue weighted by Gasteiger charge is 2.30. The molecular formula is C19H17ClN4O2. The maximum absolute atomic E-state index is 11.1. The topological polar surface area (TPSA) is 80.9 Å². The molecule has 7 heteroatoms. The van der Waals surface area contributed by atoms with Crippen molar-refractivity contribution in [3.05, 3.63) is 47.0 Å². The fraction of sp³-hybridized carbons (Fsp3) is 0.263. The van der Waals surface area contributed by atoms with Crippen molar-refractivity contribution in [1.29, 1.82) is 0 Å². The highest BCUT2D eigenvalue weighted by molar-refractivity contribution is 6.29. The van der Waals surface area contributed by atoms with Gasteiger partial charge < -0.3 is 5.11 Å². The van der Waals surface area contributed by atoms with Crippen molar-refractivity contribution in [2.24, 2.45) is 0 Å². The van der Waals surface area contributed by atoms with Crippen LogP contribution in [-0.4, -0.2) is 30.8 Å². The number of hydrogen-bond donors (Lipinski definition) is 1. The van der Waals surface area contributed by atoms with Crippen molar-refractivity contribution in [1.82, 2.24) is 19.7 Å². The van der Waals surface area contributed by atoms with E-state index in [-0.39, 0.29) is 0 Å². The van der Waals surface area contributed by atoms with E-state index in [4.69, 9.17) is 21.7 Å².